The van der Waals surface area contributed by atoms with E-state index in [1.54, 1.807) is 60.1 Å². The van der Waals surface area contributed by atoms with Gasteiger partial charge < -0.3 is 24.5 Å². The number of hydrogen-bond acceptors (Lipinski definition) is 6. The molecule has 4 rings (SSSR count). The molecule has 1 heterocycles. The molecule has 0 saturated carbocycles. The Labute approximate surface area is 227 Å². The van der Waals surface area contributed by atoms with E-state index in [0.717, 1.165) is 10.0 Å². The molecule has 38 heavy (non-hydrogen) atoms. The molecule has 194 valence electrons. The predicted molar refractivity (Wildman–Crippen MR) is 148 cm³/mol. The average Bonchev–Trinajstić information content (AvgIpc) is 3.15. The van der Waals surface area contributed by atoms with Crippen LogP contribution in [0.1, 0.15) is 21.5 Å². The van der Waals surface area contributed by atoms with Crippen LogP contribution in [0.3, 0.4) is 0 Å². The van der Waals surface area contributed by atoms with Gasteiger partial charge in [-0.3, -0.25) is 9.59 Å². The molecule has 0 fully saturated rings. The van der Waals surface area contributed by atoms with Crippen LogP contribution in [0.4, 0.5) is 5.69 Å². The van der Waals surface area contributed by atoms with E-state index in [1.165, 1.54) is 20.3 Å². The number of hydrogen-bond donors (Lipinski definition) is 2. The molecule has 0 atom stereocenters. The van der Waals surface area contributed by atoms with Gasteiger partial charge >= 0.3 is 5.91 Å². The highest BCUT2D eigenvalue weighted by Gasteiger charge is 2.20. The first-order chi connectivity index (χ1) is 18.2. The van der Waals surface area contributed by atoms with Crippen molar-refractivity contribution in [3.8, 4) is 17.4 Å². The standard InChI is InChI=1S/C28H25BrN4O5/c1-16-12-20-24(28(36)33(2)25(20)21(29)13-16)31-32-27(35)22(30-26(34)17-8-6-5-7-9-17)15-18-14-19(37-3)10-11-23(18)38-4/h5-15,36H,1-4H3,(H,30,34)/b22-15-,32-31?. The van der Waals surface area contributed by atoms with Crippen LogP contribution in [-0.2, 0) is 11.8 Å². The van der Waals surface area contributed by atoms with Crippen LogP contribution >= 0.6 is 15.9 Å². The molecule has 4 aromatic rings. The number of carbonyl (C=O) groups is 2. The lowest BCUT2D eigenvalue weighted by molar-refractivity contribution is -0.115. The van der Waals surface area contributed by atoms with Crippen molar-refractivity contribution in [3.05, 3.63) is 87.5 Å². The molecule has 0 aliphatic heterocycles. The third kappa shape index (κ3) is 5.45. The van der Waals surface area contributed by atoms with E-state index in [4.69, 9.17) is 9.47 Å². The molecule has 2 amide bonds. The molecular formula is C28H25BrN4O5. The Kier molecular flexibility index (Phi) is 7.92. The summed E-state index contributed by atoms with van der Waals surface area (Å²) >= 11 is 3.51. The van der Waals surface area contributed by atoms with E-state index in [9.17, 15) is 14.7 Å². The Morgan fingerprint density at radius 2 is 1.79 bits per heavy atom. The van der Waals surface area contributed by atoms with E-state index in [0.29, 0.717) is 33.5 Å². The van der Waals surface area contributed by atoms with Crippen molar-refractivity contribution >= 4 is 50.4 Å². The number of fused-ring (bicyclic) bond motifs is 1. The lowest BCUT2D eigenvalue weighted by atomic mass is 10.1. The summed E-state index contributed by atoms with van der Waals surface area (Å²) in [5.74, 6) is -0.510. The molecule has 1 aromatic heterocycles. The number of halogens is 1. The van der Waals surface area contributed by atoms with E-state index < -0.39 is 11.8 Å². The van der Waals surface area contributed by atoms with Crippen molar-refractivity contribution in [1.29, 1.82) is 0 Å². The van der Waals surface area contributed by atoms with E-state index in [1.807, 2.05) is 19.1 Å². The van der Waals surface area contributed by atoms with Crippen LogP contribution in [0.2, 0.25) is 0 Å². The fourth-order valence-corrected chi connectivity index (χ4v) is 4.77. The Balaban J connectivity index is 1.78. The molecule has 2 N–H and O–H groups in total. The summed E-state index contributed by atoms with van der Waals surface area (Å²) in [4.78, 5) is 26.2. The SMILES string of the molecule is COc1ccc(OC)c(/C=C(\NC(=O)c2ccccc2)C(=O)N=Nc2c(O)n(C)c3c(Br)cc(C)cc23)c1. The number of benzene rings is 3. The van der Waals surface area contributed by atoms with Gasteiger partial charge in [-0.1, -0.05) is 18.2 Å². The Morgan fingerprint density at radius 1 is 1.05 bits per heavy atom. The van der Waals surface area contributed by atoms with Crippen LogP contribution in [0.5, 0.6) is 17.4 Å². The van der Waals surface area contributed by atoms with Gasteiger partial charge in [0.1, 0.15) is 17.2 Å². The highest BCUT2D eigenvalue weighted by molar-refractivity contribution is 9.10. The number of aromatic nitrogens is 1. The summed E-state index contributed by atoms with van der Waals surface area (Å²) in [6, 6.07) is 17.3. The van der Waals surface area contributed by atoms with Gasteiger partial charge in [0.15, 0.2) is 5.69 Å². The summed E-state index contributed by atoms with van der Waals surface area (Å²) in [6.07, 6.45) is 1.44. The van der Waals surface area contributed by atoms with Gasteiger partial charge in [-0.15, -0.1) is 10.2 Å². The number of amides is 2. The normalized spacial score (nSPS) is 11.7. The summed E-state index contributed by atoms with van der Waals surface area (Å²) < 4.78 is 13.0. The summed E-state index contributed by atoms with van der Waals surface area (Å²) in [5, 5.41) is 21.9. The second kappa shape index (κ2) is 11.3. The monoisotopic (exact) mass is 576 g/mol. The molecule has 9 nitrogen and oxygen atoms in total. The molecule has 3 aromatic carbocycles. The second-order valence-electron chi connectivity index (χ2n) is 8.37. The van der Waals surface area contributed by atoms with E-state index in [2.05, 4.69) is 31.5 Å². The smallest absolute Gasteiger partial charge is 0.311 e. The van der Waals surface area contributed by atoms with Gasteiger partial charge in [-0.2, -0.15) is 0 Å². The largest absolute Gasteiger partial charge is 0.497 e. The molecule has 0 unspecified atom stereocenters. The highest BCUT2D eigenvalue weighted by atomic mass is 79.9. The molecule has 0 saturated heterocycles. The minimum atomic E-state index is -0.831. The Bertz CT molecular complexity index is 1590. The lowest BCUT2D eigenvalue weighted by Crippen LogP contribution is -2.26. The van der Waals surface area contributed by atoms with E-state index in [-0.39, 0.29) is 17.3 Å². The zero-order chi connectivity index (χ0) is 27.4. The number of aryl methyl sites for hydroxylation is 2. The number of nitrogens with one attached hydrogen (secondary N) is 1. The van der Waals surface area contributed by atoms with Crippen molar-refractivity contribution in [3.63, 3.8) is 0 Å². The molecular weight excluding hydrogens is 552 g/mol. The minimum absolute atomic E-state index is 0.132. The fraction of sp³-hybridized carbons (Fsp3) is 0.143. The predicted octanol–water partition coefficient (Wildman–Crippen LogP) is 6.05. The zero-order valence-electron chi connectivity index (χ0n) is 21.2. The summed E-state index contributed by atoms with van der Waals surface area (Å²) in [7, 11) is 4.69. The van der Waals surface area contributed by atoms with Gasteiger partial charge in [0.05, 0.1) is 19.7 Å². The minimum Gasteiger partial charge on any atom is -0.497 e. The number of carbonyl (C=O) groups excluding carboxylic acids is 2. The number of rotatable bonds is 7. The third-order valence-corrected chi connectivity index (χ3v) is 6.42. The van der Waals surface area contributed by atoms with Crippen LogP contribution in [-0.4, -0.2) is 35.7 Å². The van der Waals surface area contributed by atoms with Gasteiger partial charge in [-0.05, 0) is 77.0 Å². The van der Waals surface area contributed by atoms with Crippen LogP contribution in [0.25, 0.3) is 17.0 Å². The Morgan fingerprint density at radius 3 is 2.47 bits per heavy atom. The summed E-state index contributed by atoms with van der Waals surface area (Å²) in [5.41, 5.74) is 2.45. The van der Waals surface area contributed by atoms with Gasteiger partial charge in [0.25, 0.3) is 5.91 Å². The maximum Gasteiger partial charge on any atom is 0.311 e. The molecule has 0 spiro atoms. The average molecular weight is 577 g/mol. The van der Waals surface area contributed by atoms with Crippen LogP contribution < -0.4 is 14.8 Å². The first-order valence-electron chi connectivity index (χ1n) is 11.5. The third-order valence-electron chi connectivity index (χ3n) is 5.82. The van der Waals surface area contributed by atoms with Crippen LogP contribution in [0.15, 0.2) is 81.1 Å². The molecule has 0 aliphatic rings. The van der Waals surface area contributed by atoms with Crippen molar-refractivity contribution < 1.29 is 24.2 Å². The molecule has 0 aliphatic carbocycles. The van der Waals surface area contributed by atoms with Crippen molar-refractivity contribution in [2.24, 2.45) is 17.3 Å². The van der Waals surface area contributed by atoms with E-state index >= 15 is 0 Å². The summed E-state index contributed by atoms with van der Waals surface area (Å²) in [6.45, 7) is 1.90. The van der Waals surface area contributed by atoms with Crippen molar-refractivity contribution in [2.75, 3.05) is 14.2 Å². The van der Waals surface area contributed by atoms with Crippen molar-refractivity contribution in [2.45, 2.75) is 6.92 Å². The zero-order valence-corrected chi connectivity index (χ0v) is 22.7. The van der Waals surface area contributed by atoms with Crippen molar-refractivity contribution in [1.82, 2.24) is 9.88 Å². The van der Waals surface area contributed by atoms with Gasteiger partial charge in [0.2, 0.25) is 5.88 Å². The number of azo groups is 1. The first kappa shape index (κ1) is 26.6. The van der Waals surface area contributed by atoms with Gasteiger partial charge in [-0.25, -0.2) is 0 Å². The molecule has 0 bridgehead atoms. The number of methoxy groups -OCH3 is 2. The number of ether oxygens (including phenoxy) is 2. The molecule has 0 radical (unpaired) electrons. The quantitative estimate of drug-likeness (QED) is 0.205. The van der Waals surface area contributed by atoms with Gasteiger partial charge in [0, 0.05) is 28.0 Å². The fourth-order valence-electron chi connectivity index (χ4n) is 3.93. The highest BCUT2D eigenvalue weighted by Crippen LogP contribution is 2.41. The maximum absolute atomic E-state index is 13.3. The number of aromatic hydroxyl groups is 1. The van der Waals surface area contributed by atoms with Crippen LogP contribution in [0, 0.1) is 6.92 Å². The second-order valence-corrected chi connectivity index (χ2v) is 9.22. The first-order valence-corrected chi connectivity index (χ1v) is 12.3. The topological polar surface area (TPSA) is 115 Å². The lowest BCUT2D eigenvalue weighted by Gasteiger charge is -2.10. The maximum atomic E-state index is 13.3. The molecule has 10 heteroatoms. The number of nitrogens with zero attached hydrogens (tertiary/aromatic N) is 3. The Hall–Kier alpha value is -4.44.